The van der Waals surface area contributed by atoms with E-state index in [1.807, 2.05) is 20.8 Å². The first-order valence-electron chi connectivity index (χ1n) is 6.18. The highest BCUT2D eigenvalue weighted by Crippen LogP contribution is 2.20. The van der Waals surface area contributed by atoms with Crippen molar-refractivity contribution in [2.24, 2.45) is 5.92 Å². The van der Waals surface area contributed by atoms with Gasteiger partial charge in [0, 0.05) is 28.9 Å². The summed E-state index contributed by atoms with van der Waals surface area (Å²) in [5.74, 6) is 0.223. The van der Waals surface area contributed by atoms with E-state index in [2.05, 4.69) is 5.32 Å². The molecular weight excluding hydrogens is 252 g/mol. The molecule has 1 N–H and O–H groups in total. The molecule has 0 aliphatic carbocycles. The molecule has 0 aromatic rings. The molecule has 104 valence electrons. The second kappa shape index (κ2) is 5.82. The zero-order chi connectivity index (χ0) is 14.0. The molecule has 0 aromatic carbocycles. The summed E-state index contributed by atoms with van der Waals surface area (Å²) in [6.45, 7) is 7.35. The Morgan fingerprint density at radius 1 is 1.33 bits per heavy atom. The van der Waals surface area contributed by atoms with Gasteiger partial charge in [0.15, 0.2) is 0 Å². The SMILES string of the molecule is CC1NC(=O)C(C(C)C)N(C(C)CS(C)=O)C1=O. The minimum absolute atomic E-state index is 0.0363. The van der Waals surface area contributed by atoms with Crippen LogP contribution in [0.4, 0.5) is 0 Å². The first-order chi connectivity index (χ1) is 8.25. The predicted octanol–water partition coefficient (Wildman–Crippen LogP) is 0.125. The van der Waals surface area contributed by atoms with Gasteiger partial charge in [0.25, 0.3) is 0 Å². The largest absolute Gasteiger partial charge is 0.343 e. The standard InChI is InChI=1S/C12H22N2O3S/c1-7(2)10-11(15)13-9(4)12(16)14(10)8(3)6-18(5)17/h7-10H,6H2,1-5H3,(H,13,15). The van der Waals surface area contributed by atoms with Crippen LogP contribution in [0.2, 0.25) is 0 Å². The van der Waals surface area contributed by atoms with E-state index in [0.29, 0.717) is 5.75 Å². The summed E-state index contributed by atoms with van der Waals surface area (Å²) in [6.07, 6.45) is 1.61. The maximum Gasteiger partial charge on any atom is 0.245 e. The van der Waals surface area contributed by atoms with Crippen LogP contribution in [0.5, 0.6) is 0 Å². The van der Waals surface area contributed by atoms with Gasteiger partial charge in [0.2, 0.25) is 11.8 Å². The maximum atomic E-state index is 12.2. The number of nitrogens with one attached hydrogen (secondary N) is 1. The van der Waals surface area contributed by atoms with E-state index >= 15 is 0 Å². The fraction of sp³-hybridized carbons (Fsp3) is 0.833. The Morgan fingerprint density at radius 2 is 1.89 bits per heavy atom. The number of hydrogen-bond donors (Lipinski definition) is 1. The third kappa shape index (κ3) is 3.10. The number of hydrogen-bond acceptors (Lipinski definition) is 3. The molecule has 18 heavy (non-hydrogen) atoms. The van der Waals surface area contributed by atoms with Gasteiger partial charge in [-0.05, 0) is 19.8 Å². The second-order valence-electron chi connectivity index (χ2n) is 5.25. The lowest BCUT2D eigenvalue weighted by atomic mass is 9.96. The van der Waals surface area contributed by atoms with Crippen LogP contribution in [-0.2, 0) is 20.4 Å². The van der Waals surface area contributed by atoms with Crippen molar-refractivity contribution < 1.29 is 13.8 Å². The van der Waals surface area contributed by atoms with E-state index < -0.39 is 22.9 Å². The van der Waals surface area contributed by atoms with Crippen LogP contribution in [-0.4, -0.2) is 51.1 Å². The summed E-state index contributed by atoms with van der Waals surface area (Å²) in [7, 11) is -0.989. The third-order valence-electron chi connectivity index (χ3n) is 3.13. The van der Waals surface area contributed by atoms with E-state index in [1.54, 1.807) is 18.1 Å². The van der Waals surface area contributed by atoms with Crippen molar-refractivity contribution >= 4 is 22.6 Å². The van der Waals surface area contributed by atoms with Crippen LogP contribution >= 0.6 is 0 Å². The van der Waals surface area contributed by atoms with E-state index in [4.69, 9.17) is 0 Å². The first kappa shape index (κ1) is 15.1. The second-order valence-corrected chi connectivity index (χ2v) is 6.73. The molecule has 0 spiro atoms. The quantitative estimate of drug-likeness (QED) is 0.792. The minimum Gasteiger partial charge on any atom is -0.343 e. The third-order valence-corrected chi connectivity index (χ3v) is 4.09. The van der Waals surface area contributed by atoms with Gasteiger partial charge in [-0.25, -0.2) is 0 Å². The smallest absolute Gasteiger partial charge is 0.245 e. The average Bonchev–Trinajstić information content (AvgIpc) is 2.20. The van der Waals surface area contributed by atoms with Crippen molar-refractivity contribution in [3.05, 3.63) is 0 Å². The Kier molecular flexibility index (Phi) is 4.90. The van der Waals surface area contributed by atoms with Crippen LogP contribution in [0.15, 0.2) is 0 Å². The van der Waals surface area contributed by atoms with E-state index in [0.717, 1.165) is 0 Å². The number of carbonyl (C=O) groups excluding carboxylic acids is 2. The van der Waals surface area contributed by atoms with Gasteiger partial charge in [0.1, 0.15) is 12.1 Å². The summed E-state index contributed by atoms with van der Waals surface area (Å²) in [6, 6.07) is -1.16. The molecule has 1 heterocycles. The lowest BCUT2D eigenvalue weighted by Crippen LogP contribution is -2.66. The van der Waals surface area contributed by atoms with Gasteiger partial charge in [-0.3, -0.25) is 13.8 Å². The molecule has 1 aliphatic rings. The molecule has 6 heteroatoms. The first-order valence-corrected chi connectivity index (χ1v) is 7.91. The van der Waals surface area contributed by atoms with Crippen LogP contribution in [0, 0.1) is 5.92 Å². The highest BCUT2D eigenvalue weighted by molar-refractivity contribution is 7.84. The van der Waals surface area contributed by atoms with Crippen molar-refractivity contribution in [3.63, 3.8) is 0 Å². The number of piperazine rings is 1. The topological polar surface area (TPSA) is 66.5 Å². The van der Waals surface area contributed by atoms with Gasteiger partial charge in [-0.2, -0.15) is 0 Å². The highest BCUT2D eigenvalue weighted by atomic mass is 32.2. The number of rotatable bonds is 4. The summed E-state index contributed by atoms with van der Waals surface area (Å²) in [4.78, 5) is 25.8. The fourth-order valence-corrected chi connectivity index (χ4v) is 3.22. The molecule has 0 saturated carbocycles. The molecule has 0 radical (unpaired) electrons. The summed E-state index contributed by atoms with van der Waals surface area (Å²) < 4.78 is 11.3. The molecule has 1 rings (SSSR count). The zero-order valence-electron chi connectivity index (χ0n) is 11.6. The fourth-order valence-electron chi connectivity index (χ4n) is 2.38. The average molecular weight is 274 g/mol. The highest BCUT2D eigenvalue weighted by Gasteiger charge is 2.42. The molecule has 4 unspecified atom stereocenters. The molecule has 1 saturated heterocycles. The maximum absolute atomic E-state index is 12.2. The Balaban J connectivity index is 3.01. The van der Waals surface area contributed by atoms with Crippen LogP contribution in [0.1, 0.15) is 27.7 Å². The van der Waals surface area contributed by atoms with Crippen LogP contribution < -0.4 is 5.32 Å². The van der Waals surface area contributed by atoms with Gasteiger partial charge in [0.05, 0.1) is 0 Å². The number of carbonyl (C=O) groups is 2. The van der Waals surface area contributed by atoms with Gasteiger partial charge >= 0.3 is 0 Å². The zero-order valence-corrected chi connectivity index (χ0v) is 12.4. The molecule has 0 aromatic heterocycles. The number of amides is 2. The summed E-state index contributed by atoms with van der Waals surface area (Å²) >= 11 is 0. The van der Waals surface area contributed by atoms with E-state index in [-0.39, 0.29) is 23.8 Å². The minimum atomic E-state index is -0.989. The molecule has 4 atom stereocenters. The van der Waals surface area contributed by atoms with Crippen molar-refractivity contribution in [2.75, 3.05) is 12.0 Å². The number of nitrogens with zero attached hydrogens (tertiary/aromatic N) is 1. The van der Waals surface area contributed by atoms with Gasteiger partial charge in [-0.15, -0.1) is 0 Å². The summed E-state index contributed by atoms with van der Waals surface area (Å²) in [5.41, 5.74) is 0. The Morgan fingerprint density at radius 3 is 2.33 bits per heavy atom. The molecule has 1 fully saturated rings. The Bertz CT molecular complexity index is 370. The molecular formula is C12H22N2O3S. The van der Waals surface area contributed by atoms with Crippen LogP contribution in [0.25, 0.3) is 0 Å². The van der Waals surface area contributed by atoms with E-state index in [9.17, 15) is 13.8 Å². The normalized spacial score (nSPS) is 28.2. The van der Waals surface area contributed by atoms with Gasteiger partial charge < -0.3 is 10.2 Å². The predicted molar refractivity (Wildman–Crippen MR) is 71.5 cm³/mol. The molecule has 2 amide bonds. The van der Waals surface area contributed by atoms with E-state index in [1.165, 1.54) is 0 Å². The monoisotopic (exact) mass is 274 g/mol. The van der Waals surface area contributed by atoms with Crippen molar-refractivity contribution in [1.82, 2.24) is 10.2 Å². The van der Waals surface area contributed by atoms with Crippen LogP contribution in [0.3, 0.4) is 0 Å². The van der Waals surface area contributed by atoms with Crippen molar-refractivity contribution in [1.29, 1.82) is 0 Å². The lowest BCUT2D eigenvalue weighted by Gasteiger charge is -2.43. The van der Waals surface area contributed by atoms with Crippen molar-refractivity contribution in [3.8, 4) is 0 Å². The van der Waals surface area contributed by atoms with Crippen molar-refractivity contribution in [2.45, 2.75) is 45.8 Å². The molecule has 1 aliphatic heterocycles. The lowest BCUT2D eigenvalue weighted by molar-refractivity contribution is -0.152. The Hall–Kier alpha value is -0.910. The molecule has 0 bridgehead atoms. The van der Waals surface area contributed by atoms with Gasteiger partial charge in [-0.1, -0.05) is 13.8 Å². The summed E-state index contributed by atoms with van der Waals surface area (Å²) in [5, 5.41) is 2.69. The molecule has 5 nitrogen and oxygen atoms in total. The Labute approximate surface area is 111 Å².